The zero-order valence-electron chi connectivity index (χ0n) is 13.1. The quantitative estimate of drug-likeness (QED) is 0.920. The molecule has 0 saturated heterocycles. The van der Waals surface area contributed by atoms with Crippen molar-refractivity contribution in [2.24, 2.45) is 0 Å². The molecule has 1 N–H and O–H groups in total. The number of carbonyl (C=O) groups is 2. The molecule has 0 fully saturated rings. The number of hydrogen-bond donors (Lipinski definition) is 1. The zero-order chi connectivity index (χ0) is 16.8. The molecule has 0 unspecified atom stereocenters. The van der Waals surface area contributed by atoms with Crippen molar-refractivity contribution in [3.05, 3.63) is 52.8 Å². The number of nitrogens with zero attached hydrogens (tertiary/aromatic N) is 2. The van der Waals surface area contributed by atoms with E-state index < -0.39 is 5.41 Å². The molecule has 2 aromatic rings. The highest BCUT2D eigenvalue weighted by Crippen LogP contribution is 2.41. The van der Waals surface area contributed by atoms with Crippen LogP contribution in [0.25, 0.3) is 0 Å². The first-order valence-electron chi connectivity index (χ1n) is 7.17. The highest BCUT2D eigenvalue weighted by Gasteiger charge is 2.42. The van der Waals surface area contributed by atoms with Gasteiger partial charge < -0.3 is 10.2 Å². The Bertz CT molecular complexity index is 817. The summed E-state index contributed by atoms with van der Waals surface area (Å²) in [5, 5.41) is 3.06. The minimum absolute atomic E-state index is 0.0312. The number of likely N-dealkylation sites (N-methyl/N-ethyl adjacent to an activating group) is 1. The first-order chi connectivity index (χ1) is 10.8. The van der Waals surface area contributed by atoms with Gasteiger partial charge in [0.2, 0.25) is 5.91 Å². The highest BCUT2D eigenvalue weighted by molar-refractivity contribution is 6.34. The maximum Gasteiger partial charge on any atom is 0.275 e. The highest BCUT2D eigenvalue weighted by atomic mass is 35.5. The molecule has 2 heterocycles. The van der Waals surface area contributed by atoms with Crippen molar-refractivity contribution in [1.82, 2.24) is 4.98 Å². The number of anilines is 2. The van der Waals surface area contributed by atoms with Crippen LogP contribution in [0, 0.1) is 0 Å². The lowest BCUT2D eigenvalue weighted by Crippen LogP contribution is -2.33. The van der Waals surface area contributed by atoms with Crippen LogP contribution in [0.3, 0.4) is 0 Å². The average molecular weight is 330 g/mol. The van der Waals surface area contributed by atoms with E-state index in [-0.39, 0.29) is 17.5 Å². The molecule has 0 atom stereocenters. The molecule has 5 nitrogen and oxygen atoms in total. The standard InChI is InChI=1S/C17H16ClN3O2/c1-17(2)11-7-6-10(9-13(11)21(3)16(17)23)20-15(22)14-12(18)5-4-8-19-14/h4-9H,1-3H3,(H,20,22). The lowest BCUT2D eigenvalue weighted by molar-refractivity contribution is -0.121. The maximum absolute atomic E-state index is 12.3. The normalized spacial score (nSPS) is 15.5. The topological polar surface area (TPSA) is 62.3 Å². The number of halogens is 1. The van der Waals surface area contributed by atoms with E-state index in [2.05, 4.69) is 10.3 Å². The molecule has 23 heavy (non-hydrogen) atoms. The smallest absolute Gasteiger partial charge is 0.275 e. The molecule has 1 aliphatic rings. The zero-order valence-corrected chi connectivity index (χ0v) is 13.8. The number of amides is 2. The number of fused-ring (bicyclic) bond motifs is 1. The molecular formula is C17H16ClN3O2. The fraction of sp³-hybridized carbons (Fsp3) is 0.235. The molecule has 0 saturated carbocycles. The van der Waals surface area contributed by atoms with E-state index in [0.717, 1.165) is 11.3 Å². The van der Waals surface area contributed by atoms with E-state index in [1.807, 2.05) is 19.9 Å². The monoisotopic (exact) mass is 329 g/mol. The van der Waals surface area contributed by atoms with E-state index in [9.17, 15) is 9.59 Å². The van der Waals surface area contributed by atoms with Crippen LogP contribution in [0.15, 0.2) is 36.5 Å². The predicted octanol–water partition coefficient (Wildman–Crippen LogP) is 3.24. The molecule has 3 rings (SSSR count). The van der Waals surface area contributed by atoms with E-state index >= 15 is 0 Å². The molecule has 1 aromatic heterocycles. The van der Waals surface area contributed by atoms with Crippen molar-refractivity contribution in [3.8, 4) is 0 Å². The van der Waals surface area contributed by atoms with E-state index in [1.165, 1.54) is 6.20 Å². The van der Waals surface area contributed by atoms with Crippen LogP contribution < -0.4 is 10.2 Å². The number of rotatable bonds is 2. The molecule has 0 bridgehead atoms. The summed E-state index contributed by atoms with van der Waals surface area (Å²) in [6.45, 7) is 3.78. The van der Waals surface area contributed by atoms with Gasteiger partial charge in [-0.1, -0.05) is 17.7 Å². The van der Waals surface area contributed by atoms with Crippen molar-refractivity contribution in [2.75, 3.05) is 17.3 Å². The summed E-state index contributed by atoms with van der Waals surface area (Å²) in [5.74, 6) is -0.356. The predicted molar refractivity (Wildman–Crippen MR) is 90.1 cm³/mol. The molecule has 0 spiro atoms. The number of carbonyl (C=O) groups excluding carboxylic acids is 2. The van der Waals surface area contributed by atoms with Gasteiger partial charge in [0.25, 0.3) is 5.91 Å². The van der Waals surface area contributed by atoms with Crippen LogP contribution in [0.1, 0.15) is 29.9 Å². The van der Waals surface area contributed by atoms with Gasteiger partial charge in [-0.05, 0) is 43.7 Å². The van der Waals surface area contributed by atoms with Gasteiger partial charge in [0, 0.05) is 24.6 Å². The summed E-state index contributed by atoms with van der Waals surface area (Å²) in [5.41, 5.74) is 1.94. The Labute approximate surface area is 139 Å². The van der Waals surface area contributed by atoms with E-state index in [0.29, 0.717) is 10.7 Å². The van der Waals surface area contributed by atoms with E-state index in [1.54, 1.807) is 36.2 Å². The first-order valence-corrected chi connectivity index (χ1v) is 7.54. The average Bonchev–Trinajstić information content (AvgIpc) is 2.68. The van der Waals surface area contributed by atoms with Crippen molar-refractivity contribution < 1.29 is 9.59 Å². The number of aromatic nitrogens is 1. The third kappa shape index (κ3) is 2.47. The number of benzene rings is 1. The molecule has 1 aromatic carbocycles. The summed E-state index contributed by atoms with van der Waals surface area (Å²) >= 11 is 5.98. The molecule has 0 radical (unpaired) electrons. The van der Waals surface area contributed by atoms with Crippen LogP contribution in [0.2, 0.25) is 5.02 Å². The summed E-state index contributed by atoms with van der Waals surface area (Å²) in [6.07, 6.45) is 1.51. The van der Waals surface area contributed by atoms with Crippen LogP contribution >= 0.6 is 11.6 Å². The van der Waals surface area contributed by atoms with Gasteiger partial charge >= 0.3 is 0 Å². The Morgan fingerprint density at radius 2 is 2.04 bits per heavy atom. The van der Waals surface area contributed by atoms with E-state index in [4.69, 9.17) is 11.6 Å². The SMILES string of the molecule is CN1C(=O)C(C)(C)c2ccc(NC(=O)c3ncccc3Cl)cc21. The molecule has 1 aliphatic heterocycles. The third-order valence-electron chi connectivity index (χ3n) is 4.10. The molecule has 6 heteroatoms. The number of nitrogens with one attached hydrogen (secondary N) is 1. The first kappa shape index (κ1) is 15.5. The minimum atomic E-state index is -0.559. The second-order valence-corrected chi connectivity index (χ2v) is 6.42. The Morgan fingerprint density at radius 3 is 2.74 bits per heavy atom. The van der Waals surface area contributed by atoms with Crippen molar-refractivity contribution in [3.63, 3.8) is 0 Å². The Kier molecular flexibility index (Phi) is 3.60. The molecular weight excluding hydrogens is 314 g/mol. The summed E-state index contributed by atoms with van der Waals surface area (Å²) < 4.78 is 0. The molecule has 0 aliphatic carbocycles. The second kappa shape index (κ2) is 5.35. The van der Waals surface area contributed by atoms with Gasteiger partial charge in [-0.15, -0.1) is 0 Å². The Hall–Kier alpha value is -2.40. The van der Waals surface area contributed by atoms with Crippen LogP contribution in [-0.4, -0.2) is 23.8 Å². The van der Waals surface area contributed by atoms with Crippen molar-refractivity contribution in [2.45, 2.75) is 19.3 Å². The van der Waals surface area contributed by atoms with Gasteiger partial charge in [0.1, 0.15) is 5.69 Å². The summed E-state index contributed by atoms with van der Waals surface area (Å²) in [6, 6.07) is 8.71. The number of pyridine rings is 1. The lowest BCUT2D eigenvalue weighted by atomic mass is 9.86. The Morgan fingerprint density at radius 1 is 1.30 bits per heavy atom. The third-order valence-corrected chi connectivity index (χ3v) is 4.41. The van der Waals surface area contributed by atoms with Gasteiger partial charge in [0.15, 0.2) is 0 Å². The Balaban J connectivity index is 1.91. The van der Waals surface area contributed by atoms with Crippen LogP contribution in [0.4, 0.5) is 11.4 Å². The van der Waals surface area contributed by atoms with Gasteiger partial charge in [-0.2, -0.15) is 0 Å². The second-order valence-electron chi connectivity index (χ2n) is 6.01. The fourth-order valence-electron chi connectivity index (χ4n) is 2.80. The fourth-order valence-corrected chi connectivity index (χ4v) is 3.01. The minimum Gasteiger partial charge on any atom is -0.321 e. The summed E-state index contributed by atoms with van der Waals surface area (Å²) in [7, 11) is 1.73. The largest absolute Gasteiger partial charge is 0.321 e. The van der Waals surface area contributed by atoms with Crippen LogP contribution in [0.5, 0.6) is 0 Å². The van der Waals surface area contributed by atoms with Crippen molar-refractivity contribution >= 4 is 34.8 Å². The van der Waals surface area contributed by atoms with Gasteiger partial charge in [-0.25, -0.2) is 4.98 Å². The maximum atomic E-state index is 12.3. The molecule has 118 valence electrons. The van der Waals surface area contributed by atoms with Gasteiger partial charge in [-0.3, -0.25) is 9.59 Å². The van der Waals surface area contributed by atoms with Gasteiger partial charge in [0.05, 0.1) is 10.4 Å². The molecule has 2 amide bonds. The summed E-state index contributed by atoms with van der Waals surface area (Å²) in [4.78, 5) is 30.2. The lowest BCUT2D eigenvalue weighted by Gasteiger charge is -2.16. The van der Waals surface area contributed by atoms with Crippen molar-refractivity contribution in [1.29, 1.82) is 0 Å². The van der Waals surface area contributed by atoms with Crippen LogP contribution in [-0.2, 0) is 10.2 Å². The number of hydrogen-bond acceptors (Lipinski definition) is 3.